The maximum absolute atomic E-state index is 13.4. The number of rotatable bonds is 5. The van der Waals surface area contributed by atoms with E-state index in [0.29, 0.717) is 11.1 Å². The highest BCUT2D eigenvalue weighted by atomic mass is 19.1. The molecule has 0 aliphatic heterocycles. The summed E-state index contributed by atoms with van der Waals surface area (Å²) in [6.45, 7) is 3.58. The Balaban J connectivity index is 2.73. The molecule has 0 spiro atoms. The minimum Gasteiger partial charge on any atom is -0.370 e. The highest BCUT2D eigenvalue weighted by Crippen LogP contribution is 2.16. The third-order valence-electron chi connectivity index (χ3n) is 2.85. The van der Waals surface area contributed by atoms with Crippen molar-refractivity contribution in [3.63, 3.8) is 0 Å². The molecule has 0 aliphatic carbocycles. The molecule has 0 aliphatic rings. The first kappa shape index (κ1) is 14.6. The maximum Gasteiger partial charge on any atom is 0.250 e. The van der Waals surface area contributed by atoms with Crippen molar-refractivity contribution in [2.75, 3.05) is 13.7 Å². The fourth-order valence-electron chi connectivity index (χ4n) is 1.58. The molecule has 0 saturated heterocycles. The van der Waals surface area contributed by atoms with Crippen molar-refractivity contribution in [3.8, 4) is 0 Å². The van der Waals surface area contributed by atoms with Gasteiger partial charge in [-0.1, -0.05) is 12.1 Å². The third-order valence-corrected chi connectivity index (χ3v) is 2.85. The Bertz CT molecular complexity index is 419. The average Bonchev–Trinajstić information content (AvgIpc) is 2.34. The molecule has 0 saturated carbocycles. The third kappa shape index (κ3) is 3.51. The Labute approximate surface area is 106 Å². The van der Waals surface area contributed by atoms with E-state index in [1.54, 1.807) is 26.0 Å². The number of hydrogen-bond acceptors (Lipinski definition) is 3. The van der Waals surface area contributed by atoms with Gasteiger partial charge in [0, 0.05) is 13.7 Å². The second-order valence-electron chi connectivity index (χ2n) is 4.20. The van der Waals surface area contributed by atoms with Crippen molar-refractivity contribution in [1.29, 1.82) is 0 Å². The van der Waals surface area contributed by atoms with E-state index in [0.717, 1.165) is 0 Å². The van der Waals surface area contributed by atoms with Crippen LogP contribution >= 0.6 is 0 Å². The number of nitrogens with one attached hydrogen (secondary N) is 1. The summed E-state index contributed by atoms with van der Waals surface area (Å²) >= 11 is 0. The second kappa shape index (κ2) is 6.47. The standard InChI is InChI=1S/C13H19FN2O2/c1-8-4-5-10(6-11(8)14)9(2)16-13(17)12(7-15)18-3/h4-6,9,12H,7,15H2,1-3H3,(H,16,17). The van der Waals surface area contributed by atoms with Gasteiger partial charge in [-0.15, -0.1) is 0 Å². The average molecular weight is 254 g/mol. The van der Waals surface area contributed by atoms with Crippen LogP contribution in [-0.4, -0.2) is 25.7 Å². The lowest BCUT2D eigenvalue weighted by Crippen LogP contribution is -2.41. The van der Waals surface area contributed by atoms with Crippen molar-refractivity contribution >= 4 is 5.91 Å². The number of carbonyl (C=O) groups excluding carboxylic acids is 1. The van der Waals surface area contributed by atoms with Crippen molar-refractivity contribution in [2.24, 2.45) is 5.73 Å². The van der Waals surface area contributed by atoms with Crippen molar-refractivity contribution in [3.05, 3.63) is 35.1 Å². The normalized spacial score (nSPS) is 14.1. The highest BCUT2D eigenvalue weighted by Gasteiger charge is 2.18. The molecule has 1 amide bonds. The number of ether oxygens (including phenoxy) is 1. The Hall–Kier alpha value is -1.46. The number of carbonyl (C=O) groups is 1. The smallest absolute Gasteiger partial charge is 0.250 e. The van der Waals surface area contributed by atoms with Gasteiger partial charge in [0.15, 0.2) is 0 Å². The van der Waals surface area contributed by atoms with Crippen LogP contribution in [0.3, 0.4) is 0 Å². The first-order chi connectivity index (χ1) is 8.49. The fraction of sp³-hybridized carbons (Fsp3) is 0.462. The van der Waals surface area contributed by atoms with Crippen LogP contribution in [0.1, 0.15) is 24.1 Å². The van der Waals surface area contributed by atoms with Gasteiger partial charge in [0.25, 0.3) is 5.91 Å². The monoisotopic (exact) mass is 254 g/mol. The van der Waals surface area contributed by atoms with E-state index in [4.69, 9.17) is 10.5 Å². The number of halogens is 1. The molecular formula is C13H19FN2O2. The summed E-state index contributed by atoms with van der Waals surface area (Å²) in [6, 6.07) is 4.60. The molecule has 0 heterocycles. The van der Waals surface area contributed by atoms with Gasteiger partial charge in [-0.05, 0) is 31.0 Å². The van der Waals surface area contributed by atoms with Gasteiger partial charge >= 0.3 is 0 Å². The highest BCUT2D eigenvalue weighted by molar-refractivity contribution is 5.81. The summed E-state index contributed by atoms with van der Waals surface area (Å²) in [4.78, 5) is 11.7. The fourth-order valence-corrected chi connectivity index (χ4v) is 1.58. The van der Waals surface area contributed by atoms with E-state index in [-0.39, 0.29) is 24.3 Å². The minimum atomic E-state index is -0.678. The van der Waals surface area contributed by atoms with Gasteiger partial charge in [-0.25, -0.2) is 4.39 Å². The van der Waals surface area contributed by atoms with Crippen LogP contribution in [0.2, 0.25) is 0 Å². The summed E-state index contributed by atoms with van der Waals surface area (Å²) in [5.41, 5.74) is 6.68. The van der Waals surface area contributed by atoms with Gasteiger partial charge in [0.2, 0.25) is 0 Å². The molecule has 1 aromatic carbocycles. The quantitative estimate of drug-likeness (QED) is 0.832. The lowest BCUT2D eigenvalue weighted by molar-refractivity contribution is -0.131. The minimum absolute atomic E-state index is 0.108. The Morgan fingerprint density at radius 3 is 2.72 bits per heavy atom. The molecule has 1 rings (SSSR count). The zero-order valence-electron chi connectivity index (χ0n) is 10.9. The predicted octanol–water partition coefficient (Wildman–Crippen LogP) is 1.29. The summed E-state index contributed by atoms with van der Waals surface area (Å²) in [7, 11) is 1.42. The molecule has 100 valence electrons. The molecule has 0 bridgehead atoms. The number of nitrogens with two attached hydrogens (primary N) is 1. The van der Waals surface area contributed by atoms with Crippen molar-refractivity contribution in [2.45, 2.75) is 26.0 Å². The molecule has 18 heavy (non-hydrogen) atoms. The molecule has 0 fully saturated rings. The largest absolute Gasteiger partial charge is 0.370 e. The number of aryl methyl sites for hydroxylation is 1. The Morgan fingerprint density at radius 2 is 2.22 bits per heavy atom. The summed E-state index contributed by atoms with van der Waals surface area (Å²) < 4.78 is 18.3. The zero-order chi connectivity index (χ0) is 13.7. The molecule has 3 N–H and O–H groups in total. The van der Waals surface area contributed by atoms with Crippen LogP contribution in [0.4, 0.5) is 4.39 Å². The number of amides is 1. The van der Waals surface area contributed by atoms with Crippen LogP contribution in [0, 0.1) is 12.7 Å². The van der Waals surface area contributed by atoms with Crippen LogP contribution in [-0.2, 0) is 9.53 Å². The van der Waals surface area contributed by atoms with Gasteiger partial charge in [0.05, 0.1) is 6.04 Å². The Morgan fingerprint density at radius 1 is 1.56 bits per heavy atom. The molecule has 5 heteroatoms. The summed E-state index contributed by atoms with van der Waals surface area (Å²) in [5, 5.41) is 2.73. The SMILES string of the molecule is COC(CN)C(=O)NC(C)c1ccc(C)c(F)c1. The van der Waals surface area contributed by atoms with Crippen molar-refractivity contribution < 1.29 is 13.9 Å². The summed E-state index contributed by atoms with van der Waals surface area (Å²) in [5.74, 6) is -0.579. The van der Waals surface area contributed by atoms with E-state index in [1.807, 2.05) is 0 Å². The Kier molecular flexibility index (Phi) is 5.25. The molecule has 4 nitrogen and oxygen atoms in total. The van der Waals surface area contributed by atoms with Gasteiger partial charge in [0.1, 0.15) is 11.9 Å². The van der Waals surface area contributed by atoms with Gasteiger partial charge in [-0.3, -0.25) is 4.79 Å². The van der Waals surface area contributed by atoms with Crippen LogP contribution < -0.4 is 11.1 Å². The first-order valence-electron chi connectivity index (χ1n) is 5.78. The first-order valence-corrected chi connectivity index (χ1v) is 5.78. The van der Waals surface area contributed by atoms with E-state index < -0.39 is 6.10 Å². The molecule has 2 atom stereocenters. The van der Waals surface area contributed by atoms with Crippen molar-refractivity contribution in [1.82, 2.24) is 5.32 Å². The molecule has 1 aromatic rings. The predicted molar refractivity (Wildman–Crippen MR) is 67.5 cm³/mol. The number of benzene rings is 1. The van der Waals surface area contributed by atoms with Crippen LogP contribution in [0.5, 0.6) is 0 Å². The van der Waals surface area contributed by atoms with E-state index in [9.17, 15) is 9.18 Å². The lowest BCUT2D eigenvalue weighted by atomic mass is 10.1. The van der Waals surface area contributed by atoms with Crippen LogP contribution in [0.25, 0.3) is 0 Å². The molecule has 2 unspecified atom stereocenters. The van der Waals surface area contributed by atoms with E-state index in [1.165, 1.54) is 13.2 Å². The topological polar surface area (TPSA) is 64.3 Å². The van der Waals surface area contributed by atoms with Gasteiger partial charge in [-0.2, -0.15) is 0 Å². The summed E-state index contributed by atoms with van der Waals surface area (Å²) in [6.07, 6.45) is -0.678. The maximum atomic E-state index is 13.4. The second-order valence-corrected chi connectivity index (χ2v) is 4.20. The number of hydrogen-bond donors (Lipinski definition) is 2. The van der Waals surface area contributed by atoms with E-state index >= 15 is 0 Å². The number of methoxy groups -OCH3 is 1. The van der Waals surface area contributed by atoms with E-state index in [2.05, 4.69) is 5.32 Å². The zero-order valence-corrected chi connectivity index (χ0v) is 10.9. The lowest BCUT2D eigenvalue weighted by Gasteiger charge is -2.18. The van der Waals surface area contributed by atoms with Crippen LogP contribution in [0.15, 0.2) is 18.2 Å². The molecule has 0 radical (unpaired) electrons. The van der Waals surface area contributed by atoms with Gasteiger partial charge < -0.3 is 15.8 Å². The molecular weight excluding hydrogens is 235 g/mol. The molecule has 0 aromatic heterocycles.